The molecule has 0 saturated carbocycles. The molecular weight excluding hydrogens is 356 g/mol. The second-order valence-corrected chi connectivity index (χ2v) is 6.06. The highest BCUT2D eigenvalue weighted by Gasteiger charge is 2.25. The Bertz CT molecular complexity index is 1010. The molecule has 4 N–H and O–H groups in total. The van der Waals surface area contributed by atoms with Gasteiger partial charge in [0.05, 0.1) is 11.1 Å². The standard InChI is InChI=1S/C22H16N2O4/c23-21(27)17-12-18(22(24)28)16(20(26)14-9-5-2-6-10-14)11-15(17)19(25)13-7-3-1-4-8-13/h1-12H,(H2,23,27)(H2,24,28). The first-order valence-electron chi connectivity index (χ1n) is 8.37. The molecule has 0 spiro atoms. The van der Waals surface area contributed by atoms with Crippen LogP contribution in [0.15, 0.2) is 72.8 Å². The Morgan fingerprint density at radius 2 is 0.821 bits per heavy atom. The van der Waals surface area contributed by atoms with E-state index in [0.29, 0.717) is 11.1 Å². The van der Waals surface area contributed by atoms with E-state index < -0.39 is 23.4 Å². The number of carbonyl (C=O) groups is 4. The summed E-state index contributed by atoms with van der Waals surface area (Å²) in [5.41, 5.74) is 11.0. The highest BCUT2D eigenvalue weighted by atomic mass is 16.2. The van der Waals surface area contributed by atoms with Crippen molar-refractivity contribution in [1.82, 2.24) is 0 Å². The minimum absolute atomic E-state index is 0.0667. The molecule has 0 unspecified atom stereocenters. The summed E-state index contributed by atoms with van der Waals surface area (Å²) in [4.78, 5) is 49.7. The van der Waals surface area contributed by atoms with Crippen molar-refractivity contribution in [2.75, 3.05) is 0 Å². The number of hydrogen-bond donors (Lipinski definition) is 2. The molecule has 0 radical (unpaired) electrons. The second-order valence-electron chi connectivity index (χ2n) is 6.06. The summed E-state index contributed by atoms with van der Waals surface area (Å²) >= 11 is 0. The molecule has 0 aliphatic rings. The van der Waals surface area contributed by atoms with Gasteiger partial charge in [-0.15, -0.1) is 0 Å². The van der Waals surface area contributed by atoms with E-state index in [1.54, 1.807) is 60.7 Å². The quantitative estimate of drug-likeness (QED) is 0.645. The molecule has 0 fully saturated rings. The lowest BCUT2D eigenvalue weighted by Gasteiger charge is -2.13. The van der Waals surface area contributed by atoms with Crippen LogP contribution in [0.2, 0.25) is 0 Å². The third-order valence-corrected chi connectivity index (χ3v) is 4.25. The lowest BCUT2D eigenvalue weighted by molar-refractivity contribution is 0.0972. The molecule has 138 valence electrons. The summed E-state index contributed by atoms with van der Waals surface area (Å²) in [5, 5.41) is 0. The summed E-state index contributed by atoms with van der Waals surface area (Å²) in [6, 6.07) is 18.8. The van der Waals surface area contributed by atoms with Gasteiger partial charge < -0.3 is 11.5 Å². The van der Waals surface area contributed by atoms with Crippen LogP contribution in [0.4, 0.5) is 0 Å². The zero-order chi connectivity index (χ0) is 20.3. The van der Waals surface area contributed by atoms with Crippen LogP contribution >= 0.6 is 0 Å². The SMILES string of the molecule is NC(=O)c1cc(C(N)=O)c(C(=O)c2ccccc2)cc1C(=O)c1ccccc1. The Labute approximate surface area is 160 Å². The van der Waals surface area contributed by atoms with Crippen molar-refractivity contribution in [2.45, 2.75) is 0 Å². The first-order chi connectivity index (χ1) is 13.4. The van der Waals surface area contributed by atoms with Crippen LogP contribution in [0.3, 0.4) is 0 Å². The van der Waals surface area contributed by atoms with Crippen LogP contribution in [0, 0.1) is 0 Å². The largest absolute Gasteiger partial charge is 0.366 e. The molecule has 28 heavy (non-hydrogen) atoms. The predicted octanol–water partition coefficient (Wildman–Crippen LogP) is 2.35. The predicted molar refractivity (Wildman–Crippen MR) is 103 cm³/mol. The van der Waals surface area contributed by atoms with E-state index in [1.807, 2.05) is 0 Å². The number of ketones is 2. The molecule has 0 aliphatic heterocycles. The Kier molecular flexibility index (Phi) is 5.13. The van der Waals surface area contributed by atoms with Crippen molar-refractivity contribution < 1.29 is 19.2 Å². The third-order valence-electron chi connectivity index (χ3n) is 4.25. The summed E-state index contributed by atoms with van der Waals surface area (Å²) in [6.07, 6.45) is 0. The number of nitrogens with two attached hydrogens (primary N) is 2. The maximum atomic E-state index is 12.9. The minimum Gasteiger partial charge on any atom is -0.366 e. The molecule has 0 aliphatic carbocycles. The van der Waals surface area contributed by atoms with Crippen LogP contribution < -0.4 is 11.5 Å². The van der Waals surface area contributed by atoms with Crippen molar-refractivity contribution in [2.24, 2.45) is 11.5 Å². The number of carbonyl (C=O) groups excluding carboxylic acids is 4. The molecule has 0 heterocycles. The molecule has 0 aromatic heterocycles. The number of primary amides is 2. The van der Waals surface area contributed by atoms with E-state index >= 15 is 0 Å². The van der Waals surface area contributed by atoms with Gasteiger partial charge in [-0.3, -0.25) is 19.2 Å². The van der Waals surface area contributed by atoms with Gasteiger partial charge in [-0.1, -0.05) is 60.7 Å². The molecule has 3 aromatic rings. The van der Waals surface area contributed by atoms with Gasteiger partial charge in [0.15, 0.2) is 11.6 Å². The lowest BCUT2D eigenvalue weighted by atomic mass is 9.89. The number of rotatable bonds is 6. The highest BCUT2D eigenvalue weighted by molar-refractivity contribution is 6.20. The van der Waals surface area contributed by atoms with Crippen molar-refractivity contribution in [3.8, 4) is 0 Å². The van der Waals surface area contributed by atoms with E-state index in [4.69, 9.17) is 11.5 Å². The molecule has 0 saturated heterocycles. The van der Waals surface area contributed by atoms with Gasteiger partial charge in [0.25, 0.3) is 0 Å². The third kappa shape index (κ3) is 3.57. The van der Waals surface area contributed by atoms with Gasteiger partial charge in [0, 0.05) is 22.3 Å². The fraction of sp³-hybridized carbons (Fsp3) is 0. The van der Waals surface area contributed by atoms with Crippen molar-refractivity contribution in [1.29, 1.82) is 0 Å². The highest BCUT2D eigenvalue weighted by Crippen LogP contribution is 2.23. The molecule has 0 bridgehead atoms. The van der Waals surface area contributed by atoms with Gasteiger partial charge in [-0.2, -0.15) is 0 Å². The van der Waals surface area contributed by atoms with Crippen LogP contribution in [-0.4, -0.2) is 23.4 Å². The first kappa shape index (κ1) is 18.7. The van der Waals surface area contributed by atoms with E-state index in [2.05, 4.69) is 0 Å². The summed E-state index contributed by atoms with van der Waals surface area (Å²) in [7, 11) is 0. The Morgan fingerprint density at radius 3 is 1.14 bits per heavy atom. The Hall–Kier alpha value is -4.06. The van der Waals surface area contributed by atoms with Gasteiger partial charge in [-0.25, -0.2) is 0 Å². The van der Waals surface area contributed by atoms with E-state index in [0.717, 1.165) is 6.07 Å². The second kappa shape index (κ2) is 7.67. The number of amides is 2. The lowest BCUT2D eigenvalue weighted by Crippen LogP contribution is -2.23. The van der Waals surface area contributed by atoms with Gasteiger partial charge in [0.1, 0.15) is 0 Å². The smallest absolute Gasteiger partial charge is 0.249 e. The maximum absolute atomic E-state index is 12.9. The molecule has 6 heteroatoms. The van der Waals surface area contributed by atoms with Gasteiger partial charge >= 0.3 is 0 Å². The minimum atomic E-state index is -0.902. The molecule has 0 atom stereocenters. The molecule has 6 nitrogen and oxygen atoms in total. The van der Waals surface area contributed by atoms with Crippen LogP contribution in [0.5, 0.6) is 0 Å². The fourth-order valence-electron chi connectivity index (χ4n) is 2.87. The zero-order valence-electron chi connectivity index (χ0n) is 14.7. The first-order valence-corrected chi connectivity index (χ1v) is 8.37. The molecule has 3 rings (SSSR count). The topological polar surface area (TPSA) is 120 Å². The van der Waals surface area contributed by atoms with E-state index in [9.17, 15) is 19.2 Å². The average Bonchev–Trinajstić information content (AvgIpc) is 2.72. The molecule has 3 aromatic carbocycles. The number of benzene rings is 3. The normalized spacial score (nSPS) is 10.3. The van der Waals surface area contributed by atoms with Crippen molar-refractivity contribution in [3.05, 3.63) is 106 Å². The monoisotopic (exact) mass is 372 g/mol. The van der Waals surface area contributed by atoms with E-state index in [1.165, 1.54) is 6.07 Å². The van der Waals surface area contributed by atoms with Crippen LogP contribution in [0.25, 0.3) is 0 Å². The van der Waals surface area contributed by atoms with Crippen molar-refractivity contribution in [3.63, 3.8) is 0 Å². The fourth-order valence-corrected chi connectivity index (χ4v) is 2.87. The Balaban J connectivity index is 2.24. The zero-order valence-corrected chi connectivity index (χ0v) is 14.7. The van der Waals surface area contributed by atoms with Crippen LogP contribution in [0.1, 0.15) is 52.6 Å². The number of hydrogen-bond acceptors (Lipinski definition) is 4. The summed E-state index contributed by atoms with van der Waals surface area (Å²) in [5.74, 6) is -2.79. The van der Waals surface area contributed by atoms with Crippen molar-refractivity contribution >= 4 is 23.4 Å². The van der Waals surface area contributed by atoms with Gasteiger partial charge in [-0.05, 0) is 12.1 Å². The van der Waals surface area contributed by atoms with Crippen LogP contribution in [-0.2, 0) is 0 Å². The summed E-state index contributed by atoms with van der Waals surface area (Å²) < 4.78 is 0. The average molecular weight is 372 g/mol. The Morgan fingerprint density at radius 1 is 0.500 bits per heavy atom. The molecular formula is C22H16N2O4. The van der Waals surface area contributed by atoms with Gasteiger partial charge in [0.2, 0.25) is 11.8 Å². The van der Waals surface area contributed by atoms with E-state index in [-0.39, 0.29) is 22.3 Å². The summed E-state index contributed by atoms with van der Waals surface area (Å²) in [6.45, 7) is 0. The maximum Gasteiger partial charge on any atom is 0.249 e. The molecule has 2 amide bonds.